The van der Waals surface area contributed by atoms with Gasteiger partial charge in [0.25, 0.3) is 0 Å². The molecule has 34 unspecified atom stereocenters. The highest BCUT2D eigenvalue weighted by atomic mass is 16.8. The lowest BCUT2D eigenvalue weighted by atomic mass is 9.33. The third kappa shape index (κ3) is 11.4. The quantitative estimate of drug-likeness (QED) is 0.0548. The van der Waals surface area contributed by atoms with Gasteiger partial charge in [0.15, 0.2) is 37.6 Å². The lowest BCUT2D eigenvalue weighted by Crippen LogP contribution is -2.68. The fraction of sp³-hybridized carbons (Fsp3) is 0.949. The summed E-state index contributed by atoms with van der Waals surface area (Å²) in [5.74, 6) is -1.80. The molecule has 87 heavy (non-hydrogen) atoms. The van der Waals surface area contributed by atoms with Crippen molar-refractivity contribution in [2.45, 2.75) is 266 Å². The van der Waals surface area contributed by atoms with Crippen molar-refractivity contribution in [3.05, 3.63) is 11.6 Å². The lowest BCUT2D eigenvalue weighted by molar-refractivity contribution is -0.397. The van der Waals surface area contributed by atoms with Crippen molar-refractivity contribution < 1.29 is 139 Å². The van der Waals surface area contributed by atoms with Crippen LogP contribution in [0.1, 0.15) is 106 Å². The Morgan fingerprint density at radius 3 is 1.56 bits per heavy atom. The summed E-state index contributed by atoms with van der Waals surface area (Å²) in [6.07, 6.45) is -35.5. The molecule has 4 saturated carbocycles. The number of rotatable bonds is 15. The van der Waals surface area contributed by atoms with E-state index in [1.54, 1.807) is 0 Å². The second-order valence-corrected chi connectivity index (χ2v) is 28.8. The molecule has 17 N–H and O–H groups in total. The highest BCUT2D eigenvalue weighted by Crippen LogP contribution is 2.76. The van der Waals surface area contributed by atoms with Gasteiger partial charge in [-0.3, -0.25) is 0 Å². The Morgan fingerprint density at radius 1 is 0.506 bits per heavy atom. The van der Waals surface area contributed by atoms with Crippen LogP contribution in [0.5, 0.6) is 0 Å². The molecule has 5 aliphatic heterocycles. The molecule has 500 valence electrons. The Hall–Kier alpha value is -1.83. The third-order valence-electron chi connectivity index (χ3n) is 23.4. The number of aliphatic carboxylic acids is 1. The van der Waals surface area contributed by atoms with Crippen LogP contribution in [0.15, 0.2) is 11.6 Å². The maximum atomic E-state index is 12.6. The van der Waals surface area contributed by atoms with Gasteiger partial charge in [0.05, 0.1) is 45.2 Å². The van der Waals surface area contributed by atoms with E-state index in [0.29, 0.717) is 25.7 Å². The average Bonchev–Trinajstić information content (AvgIpc) is 0.696. The first kappa shape index (κ1) is 68.0. The first-order chi connectivity index (χ1) is 40.8. The maximum Gasteiger partial charge on any atom is 0.335 e. The second kappa shape index (κ2) is 25.1. The van der Waals surface area contributed by atoms with Gasteiger partial charge in [-0.25, -0.2) is 4.79 Å². The highest BCUT2D eigenvalue weighted by Gasteiger charge is 2.70. The predicted molar refractivity (Wildman–Crippen MR) is 291 cm³/mol. The van der Waals surface area contributed by atoms with Crippen molar-refractivity contribution >= 4 is 5.97 Å². The van der Waals surface area contributed by atoms with Gasteiger partial charge in [0, 0.05) is 10.8 Å². The molecule has 5 saturated heterocycles. The number of aliphatic hydroxyl groups is 16. The predicted octanol–water partition coefficient (Wildman–Crippen LogP) is -4.04. The van der Waals surface area contributed by atoms with Crippen LogP contribution in [0.3, 0.4) is 0 Å². The molecule has 0 spiro atoms. The van der Waals surface area contributed by atoms with E-state index in [1.807, 2.05) is 6.92 Å². The van der Waals surface area contributed by atoms with Crippen molar-refractivity contribution in [2.24, 2.45) is 50.2 Å². The fourth-order valence-corrected chi connectivity index (χ4v) is 17.9. The molecule has 9 fully saturated rings. The summed E-state index contributed by atoms with van der Waals surface area (Å²) < 4.78 is 61.0. The van der Waals surface area contributed by atoms with Crippen molar-refractivity contribution in [3.8, 4) is 0 Å². The lowest BCUT2D eigenvalue weighted by Gasteiger charge is -2.72. The zero-order valence-corrected chi connectivity index (χ0v) is 50.3. The van der Waals surface area contributed by atoms with Crippen LogP contribution in [0.25, 0.3) is 0 Å². The number of allylic oxidation sites excluding steroid dienone is 2. The Bertz CT molecular complexity index is 2420. The van der Waals surface area contributed by atoms with Crippen LogP contribution >= 0.6 is 0 Å². The molecule has 5 aliphatic carbocycles. The van der Waals surface area contributed by atoms with E-state index in [0.717, 1.165) is 25.7 Å². The average molecular weight is 1250 g/mol. The van der Waals surface area contributed by atoms with Gasteiger partial charge >= 0.3 is 5.97 Å². The van der Waals surface area contributed by atoms with Crippen LogP contribution < -0.4 is 0 Å². The van der Waals surface area contributed by atoms with E-state index in [4.69, 9.17) is 47.4 Å². The number of aliphatic hydroxyl groups excluding tert-OH is 16. The van der Waals surface area contributed by atoms with Crippen molar-refractivity contribution in [1.82, 2.24) is 0 Å². The summed E-state index contributed by atoms with van der Waals surface area (Å²) >= 11 is 0. The molecular weight excluding hydrogens is 1160 g/mol. The van der Waals surface area contributed by atoms with Gasteiger partial charge in [0.2, 0.25) is 0 Å². The van der Waals surface area contributed by atoms with Gasteiger partial charge in [0.1, 0.15) is 110 Å². The Kier molecular flexibility index (Phi) is 19.7. The summed E-state index contributed by atoms with van der Waals surface area (Å²) in [7, 11) is 0. The molecule has 5 heterocycles. The normalized spacial score (nSPS) is 55.2. The summed E-state index contributed by atoms with van der Waals surface area (Å²) in [5.41, 5.74) is -1.55. The van der Waals surface area contributed by atoms with Gasteiger partial charge in [-0.15, -0.1) is 0 Å². The molecule has 0 bridgehead atoms. The zero-order chi connectivity index (χ0) is 63.6. The number of hydrogen-bond acceptors (Lipinski definition) is 27. The number of hydrogen-bond donors (Lipinski definition) is 17. The zero-order valence-electron chi connectivity index (χ0n) is 50.3. The summed E-state index contributed by atoms with van der Waals surface area (Å²) in [6, 6.07) is 0. The second-order valence-electron chi connectivity index (χ2n) is 28.8. The minimum absolute atomic E-state index is 0.00894. The molecule has 10 rings (SSSR count). The van der Waals surface area contributed by atoms with E-state index >= 15 is 0 Å². The molecule has 0 amide bonds. The molecule has 0 aromatic heterocycles. The van der Waals surface area contributed by atoms with Crippen LogP contribution in [0.4, 0.5) is 0 Å². The fourth-order valence-electron chi connectivity index (χ4n) is 17.9. The minimum atomic E-state index is -2.16. The van der Waals surface area contributed by atoms with Crippen LogP contribution in [-0.2, 0) is 52.2 Å². The number of carbonyl (C=O) groups is 1. The van der Waals surface area contributed by atoms with E-state index in [2.05, 4.69) is 47.6 Å². The first-order valence-electron chi connectivity index (χ1n) is 30.8. The Labute approximate surface area is 504 Å². The first-order valence-corrected chi connectivity index (χ1v) is 30.8. The molecule has 0 radical (unpaired) electrons. The smallest absolute Gasteiger partial charge is 0.335 e. The minimum Gasteiger partial charge on any atom is -0.479 e. The third-order valence-corrected chi connectivity index (χ3v) is 23.4. The van der Waals surface area contributed by atoms with E-state index in [1.165, 1.54) is 5.57 Å². The molecule has 10 aliphatic rings. The molecule has 28 heteroatoms. The molecule has 0 aromatic carbocycles. The summed E-state index contributed by atoms with van der Waals surface area (Å²) in [4.78, 5) is 12.6. The van der Waals surface area contributed by atoms with Gasteiger partial charge in [-0.1, -0.05) is 60.1 Å². The number of carboxylic acids is 1. The molecule has 28 nitrogen and oxygen atoms in total. The van der Waals surface area contributed by atoms with Crippen molar-refractivity contribution in [1.29, 1.82) is 0 Å². The highest BCUT2D eigenvalue weighted by molar-refractivity contribution is 5.73. The topological polar surface area (TPSA) is 453 Å². The molecular formula is C59H96O28. The Balaban J connectivity index is 0.898. The van der Waals surface area contributed by atoms with E-state index in [9.17, 15) is 91.6 Å². The van der Waals surface area contributed by atoms with Crippen molar-refractivity contribution in [3.63, 3.8) is 0 Å². The van der Waals surface area contributed by atoms with Gasteiger partial charge < -0.3 is 134 Å². The SMILES string of the molecule is CC1(C)CC(OC2OCC(O)C(O)C2OC2OC(CO)C(O)C(O)C2O)C2(C)CCC3(C)C(=CCC4C5(C)CCC(OC6OC(C(=O)O)C(O)C(O)C6OC6OC(CO)C(O)C(O)C6OC6OC(CO)C(O)C(O)C6O)C(C)(CO)C5CCC43C)C2C1. The van der Waals surface area contributed by atoms with E-state index in [-0.39, 0.29) is 47.0 Å². The molecule has 0 aromatic rings. The number of fused-ring (bicyclic) bond motifs is 7. The number of carboxylic acid groups (broad SMARTS) is 1. The van der Waals surface area contributed by atoms with Crippen LogP contribution in [0, 0.1) is 50.2 Å². The summed E-state index contributed by atoms with van der Waals surface area (Å²) in [6.45, 7) is 12.4. The monoisotopic (exact) mass is 1250 g/mol. The largest absolute Gasteiger partial charge is 0.479 e. The van der Waals surface area contributed by atoms with Crippen molar-refractivity contribution in [2.75, 3.05) is 33.0 Å². The number of ether oxygens (including phenoxy) is 10. The van der Waals surface area contributed by atoms with Gasteiger partial charge in [-0.05, 0) is 97.2 Å². The van der Waals surface area contributed by atoms with E-state index < -0.39 is 208 Å². The van der Waals surface area contributed by atoms with Crippen LogP contribution in [-0.4, -0.2) is 285 Å². The summed E-state index contributed by atoms with van der Waals surface area (Å²) in [5, 5.41) is 183. The maximum absolute atomic E-state index is 12.6. The van der Waals surface area contributed by atoms with Crippen LogP contribution in [0.2, 0.25) is 0 Å². The van der Waals surface area contributed by atoms with Gasteiger partial charge in [-0.2, -0.15) is 0 Å². The molecule has 34 atom stereocenters. The standard InChI is InChI=1S/C59H96O28/c1-54(2)16-24-23-8-9-30-56(4)12-11-31(82-53-47(41(73)40(72)44(84-53)48(76)77)87-52-46(39(71)36(68)28(20-62)81-52)86-50-43(75)38(70)35(67)27(19-61)80-50)57(5,22-63)29(56)10-13-59(30,7)58(23,6)15-14-55(24,3)32(17-54)83-51-45(33(65)25(64)21-78-51)85-49-42(74)37(69)34(66)26(18-60)79-49/h8,24-47,49-53,60-75H,9-22H2,1-7H3,(H,76,77). The Morgan fingerprint density at radius 2 is 1.01 bits per heavy atom.